The summed E-state index contributed by atoms with van der Waals surface area (Å²) in [5, 5.41) is 11.4. The summed E-state index contributed by atoms with van der Waals surface area (Å²) in [5.74, 6) is -0.506. The molecule has 1 amide bonds. The van der Waals surface area contributed by atoms with Crippen LogP contribution < -0.4 is 10.2 Å². The highest BCUT2D eigenvalue weighted by molar-refractivity contribution is 6.13. The summed E-state index contributed by atoms with van der Waals surface area (Å²) in [6, 6.07) is 6.23. The van der Waals surface area contributed by atoms with Crippen LogP contribution in [0.5, 0.6) is 0 Å². The van der Waals surface area contributed by atoms with E-state index in [4.69, 9.17) is 0 Å². The molecule has 7 nitrogen and oxygen atoms in total. The van der Waals surface area contributed by atoms with E-state index < -0.39 is 0 Å². The molecule has 3 aromatic rings. The Hall–Kier alpha value is -3.00. The van der Waals surface area contributed by atoms with Crippen LogP contribution in [0, 0.1) is 5.82 Å². The SMILES string of the molecule is CCN(C(=O)c1cnc2[nH]ncc2c1NC1CCN(C)CC1)c1ccc(F)cc1. The molecule has 2 aromatic heterocycles. The van der Waals surface area contributed by atoms with Crippen molar-refractivity contribution in [1.29, 1.82) is 0 Å². The molecule has 0 spiro atoms. The van der Waals surface area contributed by atoms with Crippen molar-refractivity contribution in [3.63, 3.8) is 0 Å². The highest BCUT2D eigenvalue weighted by Crippen LogP contribution is 2.29. The number of hydrogen-bond donors (Lipinski definition) is 2. The predicted molar refractivity (Wildman–Crippen MR) is 112 cm³/mol. The third kappa shape index (κ3) is 3.93. The number of fused-ring (bicyclic) bond motifs is 1. The van der Waals surface area contributed by atoms with Crippen molar-refractivity contribution < 1.29 is 9.18 Å². The largest absolute Gasteiger partial charge is 0.381 e. The molecule has 152 valence electrons. The second-order valence-corrected chi connectivity index (χ2v) is 7.43. The summed E-state index contributed by atoms with van der Waals surface area (Å²) in [5.41, 5.74) is 2.53. The zero-order valence-electron chi connectivity index (χ0n) is 16.7. The molecule has 0 unspecified atom stereocenters. The Balaban J connectivity index is 1.70. The van der Waals surface area contributed by atoms with E-state index in [0.29, 0.717) is 23.4 Å². The smallest absolute Gasteiger partial charge is 0.261 e. The van der Waals surface area contributed by atoms with Crippen LogP contribution in [0.25, 0.3) is 11.0 Å². The van der Waals surface area contributed by atoms with E-state index in [1.807, 2.05) is 6.92 Å². The summed E-state index contributed by atoms with van der Waals surface area (Å²) in [7, 11) is 2.12. The van der Waals surface area contributed by atoms with Gasteiger partial charge in [-0.2, -0.15) is 5.10 Å². The molecule has 4 rings (SSSR count). The number of carbonyl (C=O) groups is 1. The molecule has 0 saturated carbocycles. The maximum Gasteiger partial charge on any atom is 0.261 e. The van der Waals surface area contributed by atoms with Gasteiger partial charge in [0.15, 0.2) is 5.65 Å². The van der Waals surface area contributed by atoms with Gasteiger partial charge < -0.3 is 15.1 Å². The van der Waals surface area contributed by atoms with Crippen LogP contribution in [-0.2, 0) is 0 Å². The van der Waals surface area contributed by atoms with Gasteiger partial charge in [0.05, 0.1) is 22.8 Å². The topological polar surface area (TPSA) is 77.1 Å². The van der Waals surface area contributed by atoms with Crippen LogP contribution in [0.3, 0.4) is 0 Å². The van der Waals surface area contributed by atoms with E-state index >= 15 is 0 Å². The number of aromatic amines is 1. The Labute approximate surface area is 168 Å². The molecule has 3 heterocycles. The van der Waals surface area contributed by atoms with Crippen molar-refractivity contribution in [3.8, 4) is 0 Å². The number of pyridine rings is 1. The van der Waals surface area contributed by atoms with Gasteiger partial charge in [-0.05, 0) is 64.2 Å². The van der Waals surface area contributed by atoms with Crippen LogP contribution in [0.15, 0.2) is 36.7 Å². The second kappa shape index (κ2) is 8.16. The van der Waals surface area contributed by atoms with Gasteiger partial charge in [0, 0.05) is 24.5 Å². The van der Waals surface area contributed by atoms with Gasteiger partial charge >= 0.3 is 0 Å². The van der Waals surface area contributed by atoms with Crippen molar-refractivity contribution in [2.24, 2.45) is 0 Å². The summed E-state index contributed by atoms with van der Waals surface area (Å²) in [6.45, 7) is 4.38. The molecule has 0 aliphatic carbocycles. The maximum atomic E-state index is 13.5. The average Bonchev–Trinajstić information content (AvgIpc) is 3.21. The number of benzene rings is 1. The molecular formula is C21H25FN6O. The van der Waals surface area contributed by atoms with Crippen LogP contribution in [0.2, 0.25) is 0 Å². The average molecular weight is 396 g/mol. The van der Waals surface area contributed by atoms with E-state index in [2.05, 4.69) is 32.4 Å². The summed E-state index contributed by atoms with van der Waals surface area (Å²) < 4.78 is 13.3. The first-order valence-electron chi connectivity index (χ1n) is 9.91. The number of nitrogens with zero attached hydrogens (tertiary/aromatic N) is 4. The van der Waals surface area contributed by atoms with Gasteiger partial charge in [-0.3, -0.25) is 9.89 Å². The van der Waals surface area contributed by atoms with Gasteiger partial charge in [0.1, 0.15) is 5.82 Å². The molecule has 0 bridgehead atoms. The van der Waals surface area contributed by atoms with Gasteiger partial charge in [0.2, 0.25) is 0 Å². The fourth-order valence-electron chi connectivity index (χ4n) is 3.78. The fourth-order valence-corrected chi connectivity index (χ4v) is 3.78. The number of rotatable bonds is 5. The monoisotopic (exact) mass is 396 g/mol. The highest BCUT2D eigenvalue weighted by atomic mass is 19.1. The summed E-state index contributed by atoms with van der Waals surface area (Å²) in [4.78, 5) is 21.8. The zero-order chi connectivity index (χ0) is 20.4. The third-order valence-electron chi connectivity index (χ3n) is 5.48. The van der Waals surface area contributed by atoms with Gasteiger partial charge in [0.25, 0.3) is 5.91 Å². The number of H-pyrrole nitrogens is 1. The standard InChI is InChI=1S/C21H25FN6O/c1-3-28(16-6-4-14(22)5-7-16)21(29)18-12-23-20-17(13-24-26-20)19(18)25-15-8-10-27(2)11-9-15/h4-7,12-13,15H,3,8-11H2,1-2H3,(H2,23,24,25,26). The van der Waals surface area contributed by atoms with Crippen LogP contribution in [0.4, 0.5) is 15.8 Å². The molecule has 8 heteroatoms. The second-order valence-electron chi connectivity index (χ2n) is 7.43. The Morgan fingerprint density at radius 1 is 1.28 bits per heavy atom. The summed E-state index contributed by atoms with van der Waals surface area (Å²) in [6.07, 6.45) is 5.29. The van der Waals surface area contributed by atoms with Crippen LogP contribution in [-0.4, -0.2) is 58.7 Å². The van der Waals surface area contributed by atoms with E-state index in [1.54, 1.807) is 29.4 Å². The van der Waals surface area contributed by atoms with Gasteiger partial charge in [-0.1, -0.05) is 0 Å². The lowest BCUT2D eigenvalue weighted by atomic mass is 10.0. The minimum Gasteiger partial charge on any atom is -0.381 e. The number of amides is 1. The number of nitrogens with one attached hydrogen (secondary N) is 2. The van der Waals surface area contributed by atoms with E-state index in [-0.39, 0.29) is 17.8 Å². The maximum absolute atomic E-state index is 13.5. The molecule has 1 aromatic carbocycles. The molecule has 1 fully saturated rings. The molecule has 0 atom stereocenters. The Bertz CT molecular complexity index is 994. The van der Waals surface area contributed by atoms with Crippen molar-refractivity contribution in [2.75, 3.05) is 36.9 Å². The molecule has 1 saturated heterocycles. The minimum atomic E-state index is -0.330. The van der Waals surface area contributed by atoms with Crippen molar-refractivity contribution in [3.05, 3.63) is 48.0 Å². The number of piperidine rings is 1. The molecule has 1 aliphatic heterocycles. The first-order chi connectivity index (χ1) is 14.1. The van der Waals surface area contributed by atoms with Gasteiger partial charge in [-0.15, -0.1) is 0 Å². The fraction of sp³-hybridized carbons (Fsp3) is 0.381. The Morgan fingerprint density at radius 3 is 2.69 bits per heavy atom. The van der Waals surface area contributed by atoms with Gasteiger partial charge in [-0.25, -0.2) is 9.37 Å². The lowest BCUT2D eigenvalue weighted by Crippen LogP contribution is -2.37. The molecular weight excluding hydrogens is 371 g/mol. The molecule has 0 radical (unpaired) electrons. The molecule has 1 aliphatic rings. The number of anilines is 2. The first-order valence-corrected chi connectivity index (χ1v) is 9.91. The Morgan fingerprint density at radius 2 is 2.00 bits per heavy atom. The van der Waals surface area contributed by atoms with Crippen molar-refractivity contribution >= 4 is 28.3 Å². The zero-order valence-corrected chi connectivity index (χ0v) is 16.7. The third-order valence-corrected chi connectivity index (χ3v) is 5.48. The minimum absolute atomic E-state index is 0.176. The number of aromatic nitrogens is 3. The van der Waals surface area contributed by atoms with Crippen molar-refractivity contribution in [1.82, 2.24) is 20.1 Å². The lowest BCUT2D eigenvalue weighted by Gasteiger charge is -2.31. The normalized spacial score (nSPS) is 15.6. The number of hydrogen-bond acceptors (Lipinski definition) is 5. The summed E-state index contributed by atoms with van der Waals surface area (Å²) >= 11 is 0. The first kappa shape index (κ1) is 19.3. The van der Waals surface area contributed by atoms with E-state index in [0.717, 1.165) is 37.0 Å². The predicted octanol–water partition coefficient (Wildman–Crippen LogP) is 3.27. The molecule has 2 N–H and O–H groups in total. The van der Waals surface area contributed by atoms with Crippen LogP contribution >= 0.6 is 0 Å². The Kier molecular flexibility index (Phi) is 5.44. The van der Waals surface area contributed by atoms with E-state index in [9.17, 15) is 9.18 Å². The number of carbonyl (C=O) groups excluding carboxylic acids is 1. The van der Waals surface area contributed by atoms with Crippen LogP contribution in [0.1, 0.15) is 30.1 Å². The number of halogens is 1. The highest BCUT2D eigenvalue weighted by Gasteiger charge is 2.25. The van der Waals surface area contributed by atoms with Crippen molar-refractivity contribution in [2.45, 2.75) is 25.8 Å². The quantitative estimate of drug-likeness (QED) is 0.692. The molecule has 29 heavy (non-hydrogen) atoms. The lowest BCUT2D eigenvalue weighted by molar-refractivity contribution is 0.0988. The number of likely N-dealkylation sites (tertiary alicyclic amines) is 1. The van der Waals surface area contributed by atoms with E-state index in [1.165, 1.54) is 12.1 Å².